The van der Waals surface area contributed by atoms with Gasteiger partial charge in [0.05, 0.1) is 0 Å². The Labute approximate surface area is 129 Å². The van der Waals surface area contributed by atoms with E-state index >= 15 is 0 Å². The fraction of sp³-hybridized carbons (Fsp3) is 0.211. The number of allylic oxidation sites excluding steroid dienone is 3. The second kappa shape index (κ2) is 5.34. The van der Waals surface area contributed by atoms with E-state index in [1.54, 1.807) is 18.2 Å². The Morgan fingerprint density at radius 2 is 1.86 bits per heavy atom. The third kappa shape index (κ3) is 2.29. The molecule has 3 rings (SSSR count). The molecule has 0 aliphatic heterocycles. The molecule has 22 heavy (non-hydrogen) atoms. The molecule has 2 aromatic rings. The number of furan rings is 1. The van der Waals surface area contributed by atoms with Crippen molar-refractivity contribution >= 4 is 11.5 Å². The van der Waals surface area contributed by atoms with Crippen molar-refractivity contribution in [3.05, 3.63) is 77.3 Å². The highest BCUT2D eigenvalue weighted by Gasteiger charge is 2.43. The predicted molar refractivity (Wildman–Crippen MR) is 85.6 cm³/mol. The van der Waals surface area contributed by atoms with E-state index in [2.05, 4.69) is 0 Å². The Morgan fingerprint density at radius 1 is 1.14 bits per heavy atom. The Balaban J connectivity index is 2.04. The number of rotatable bonds is 3. The average molecular weight is 294 g/mol. The summed E-state index contributed by atoms with van der Waals surface area (Å²) in [7, 11) is 0. The molecule has 0 bridgehead atoms. The van der Waals surface area contributed by atoms with E-state index in [1.807, 2.05) is 50.3 Å². The molecule has 1 aromatic heterocycles. The van der Waals surface area contributed by atoms with E-state index in [9.17, 15) is 9.90 Å². The van der Waals surface area contributed by atoms with E-state index in [-0.39, 0.29) is 0 Å². The molecular formula is C19H18O3. The quantitative estimate of drug-likeness (QED) is 0.916. The predicted octanol–water partition coefficient (Wildman–Crippen LogP) is 4.34. The Kier molecular flexibility index (Phi) is 3.49. The summed E-state index contributed by atoms with van der Waals surface area (Å²) < 4.78 is 5.62. The van der Waals surface area contributed by atoms with Gasteiger partial charge in [0.1, 0.15) is 16.9 Å². The third-order valence-corrected chi connectivity index (χ3v) is 4.18. The van der Waals surface area contributed by atoms with Crippen LogP contribution in [0, 0.1) is 6.92 Å². The van der Waals surface area contributed by atoms with Crippen LogP contribution in [0.1, 0.15) is 30.4 Å². The third-order valence-electron chi connectivity index (χ3n) is 4.18. The van der Waals surface area contributed by atoms with Crippen LogP contribution in [0.4, 0.5) is 0 Å². The molecule has 1 atom stereocenters. The summed E-state index contributed by atoms with van der Waals surface area (Å²) in [6.07, 6.45) is 4.07. The lowest BCUT2D eigenvalue weighted by molar-refractivity contribution is -0.142. The molecule has 1 aromatic carbocycles. The van der Waals surface area contributed by atoms with Crippen molar-refractivity contribution in [1.29, 1.82) is 0 Å². The molecule has 1 unspecified atom stereocenters. The first kappa shape index (κ1) is 14.4. The first-order valence-electron chi connectivity index (χ1n) is 7.28. The van der Waals surface area contributed by atoms with E-state index in [4.69, 9.17) is 4.42 Å². The van der Waals surface area contributed by atoms with Gasteiger partial charge in [0.2, 0.25) is 0 Å². The van der Waals surface area contributed by atoms with Gasteiger partial charge in [0.15, 0.2) is 0 Å². The normalized spacial score (nSPS) is 21.2. The topological polar surface area (TPSA) is 50.4 Å². The van der Waals surface area contributed by atoms with E-state index in [1.165, 1.54) is 0 Å². The second-order valence-corrected chi connectivity index (χ2v) is 5.76. The molecule has 1 N–H and O–H groups in total. The van der Waals surface area contributed by atoms with Gasteiger partial charge < -0.3 is 9.52 Å². The minimum atomic E-state index is -1.11. The maximum atomic E-state index is 11.9. The smallest absolute Gasteiger partial charge is 0.321 e. The second-order valence-electron chi connectivity index (χ2n) is 5.76. The van der Waals surface area contributed by atoms with Gasteiger partial charge in [-0.25, -0.2) is 0 Å². The van der Waals surface area contributed by atoms with Crippen molar-refractivity contribution in [1.82, 2.24) is 0 Å². The van der Waals surface area contributed by atoms with Gasteiger partial charge in [0, 0.05) is 0 Å². The minimum absolute atomic E-state index is 0.413. The SMILES string of the molecule is CC1=C(c2ccccc2)C=CC(C(=O)O)(c2ccc(C)o2)C1. The monoisotopic (exact) mass is 294 g/mol. The standard InChI is InChI=1S/C19H18O3/c1-13-12-19(18(20)21,17-9-8-14(2)22-17)11-10-16(13)15-6-4-3-5-7-15/h3-11H,12H2,1-2H3,(H,20,21). The van der Waals surface area contributed by atoms with Crippen LogP contribution < -0.4 is 0 Å². The zero-order valence-electron chi connectivity index (χ0n) is 12.7. The molecule has 0 fully saturated rings. The molecular weight excluding hydrogens is 276 g/mol. The van der Waals surface area contributed by atoms with Crippen LogP contribution in [0.25, 0.3) is 5.57 Å². The zero-order chi connectivity index (χ0) is 15.7. The Morgan fingerprint density at radius 3 is 2.41 bits per heavy atom. The molecule has 0 amide bonds. The van der Waals surface area contributed by atoms with E-state index in [0.717, 1.165) is 22.5 Å². The maximum absolute atomic E-state index is 11.9. The molecule has 0 saturated heterocycles. The summed E-state index contributed by atoms with van der Waals surface area (Å²) in [6.45, 7) is 3.81. The van der Waals surface area contributed by atoms with Crippen molar-refractivity contribution in [2.45, 2.75) is 25.7 Å². The molecule has 112 valence electrons. The number of carboxylic acids is 1. The van der Waals surface area contributed by atoms with Gasteiger partial charge in [-0.1, -0.05) is 48.1 Å². The van der Waals surface area contributed by atoms with Crippen molar-refractivity contribution in [3.63, 3.8) is 0 Å². The molecule has 1 heterocycles. The minimum Gasteiger partial charge on any atom is -0.480 e. The lowest BCUT2D eigenvalue weighted by Gasteiger charge is -2.29. The first-order valence-corrected chi connectivity index (χ1v) is 7.28. The first-order chi connectivity index (χ1) is 10.5. The number of aliphatic carboxylic acids is 1. The number of aryl methyl sites for hydroxylation is 1. The van der Waals surface area contributed by atoms with Gasteiger partial charge in [-0.2, -0.15) is 0 Å². The number of carboxylic acid groups (broad SMARTS) is 1. The highest BCUT2D eigenvalue weighted by Crippen LogP contribution is 2.41. The average Bonchev–Trinajstić information content (AvgIpc) is 2.94. The van der Waals surface area contributed by atoms with E-state index < -0.39 is 11.4 Å². The summed E-state index contributed by atoms with van der Waals surface area (Å²) >= 11 is 0. The van der Waals surface area contributed by atoms with Crippen molar-refractivity contribution < 1.29 is 14.3 Å². The lowest BCUT2D eigenvalue weighted by atomic mass is 9.74. The molecule has 3 nitrogen and oxygen atoms in total. The molecule has 1 aliphatic rings. The van der Waals surface area contributed by atoms with Crippen molar-refractivity contribution in [2.24, 2.45) is 0 Å². The zero-order valence-corrected chi connectivity index (χ0v) is 12.7. The number of benzene rings is 1. The van der Waals surface area contributed by atoms with E-state index in [0.29, 0.717) is 12.2 Å². The van der Waals surface area contributed by atoms with Crippen LogP contribution in [0.15, 0.2) is 64.6 Å². The fourth-order valence-corrected chi connectivity index (χ4v) is 3.00. The van der Waals surface area contributed by atoms with Crippen LogP contribution >= 0.6 is 0 Å². The summed E-state index contributed by atoms with van der Waals surface area (Å²) in [6, 6.07) is 13.6. The van der Waals surface area contributed by atoms with Gasteiger partial charge in [-0.15, -0.1) is 0 Å². The largest absolute Gasteiger partial charge is 0.480 e. The molecule has 0 spiro atoms. The van der Waals surface area contributed by atoms with Gasteiger partial charge >= 0.3 is 5.97 Å². The lowest BCUT2D eigenvalue weighted by Crippen LogP contribution is -2.35. The Bertz CT molecular complexity index is 765. The highest BCUT2D eigenvalue weighted by atomic mass is 16.4. The highest BCUT2D eigenvalue weighted by molar-refractivity contribution is 5.88. The number of carbonyl (C=O) groups is 1. The molecule has 3 heteroatoms. The molecule has 1 aliphatic carbocycles. The molecule has 0 radical (unpaired) electrons. The maximum Gasteiger partial charge on any atom is 0.321 e. The number of hydrogen-bond acceptors (Lipinski definition) is 2. The summed E-state index contributed by atoms with van der Waals surface area (Å²) in [5, 5.41) is 9.79. The summed E-state index contributed by atoms with van der Waals surface area (Å²) in [4.78, 5) is 11.9. The van der Waals surface area contributed by atoms with Gasteiger partial charge in [-0.3, -0.25) is 4.79 Å². The van der Waals surface area contributed by atoms with Gasteiger partial charge in [0.25, 0.3) is 0 Å². The summed E-state index contributed by atoms with van der Waals surface area (Å²) in [5.41, 5.74) is 2.12. The van der Waals surface area contributed by atoms with Crippen LogP contribution in [-0.4, -0.2) is 11.1 Å². The van der Waals surface area contributed by atoms with Crippen molar-refractivity contribution in [3.8, 4) is 0 Å². The number of hydrogen-bond donors (Lipinski definition) is 1. The van der Waals surface area contributed by atoms with Crippen LogP contribution in [0.2, 0.25) is 0 Å². The molecule has 0 saturated carbocycles. The van der Waals surface area contributed by atoms with Crippen molar-refractivity contribution in [2.75, 3.05) is 0 Å². The van der Waals surface area contributed by atoms with Gasteiger partial charge in [-0.05, 0) is 43.5 Å². The Hall–Kier alpha value is -2.55. The van der Waals surface area contributed by atoms with Crippen LogP contribution in [0.5, 0.6) is 0 Å². The van der Waals surface area contributed by atoms with Crippen LogP contribution in [0.3, 0.4) is 0 Å². The fourth-order valence-electron chi connectivity index (χ4n) is 3.00. The van der Waals surface area contributed by atoms with Crippen LogP contribution in [-0.2, 0) is 10.2 Å². The summed E-state index contributed by atoms with van der Waals surface area (Å²) in [5.74, 6) is 0.323.